The number of carbonyl (C=O) groups excluding carboxylic acids is 1. The Hall–Kier alpha value is -1.91. The number of benzene rings is 1. The van der Waals surface area contributed by atoms with Gasteiger partial charge >= 0.3 is 0 Å². The van der Waals surface area contributed by atoms with Crippen LogP contribution < -0.4 is 11.1 Å². The molecule has 1 aromatic rings. The van der Waals surface area contributed by atoms with Crippen LogP contribution in [0.15, 0.2) is 54.1 Å². The number of aliphatic hydroxyl groups is 1. The van der Waals surface area contributed by atoms with Gasteiger partial charge in [-0.05, 0) is 12.0 Å². The van der Waals surface area contributed by atoms with Crippen LogP contribution >= 0.6 is 0 Å². The monoisotopic (exact) mass is 258 g/mol. The van der Waals surface area contributed by atoms with Crippen LogP contribution in [0.2, 0.25) is 0 Å². The number of rotatable bonds is 5. The van der Waals surface area contributed by atoms with Gasteiger partial charge in [-0.2, -0.15) is 0 Å². The molecule has 1 unspecified atom stereocenters. The fourth-order valence-corrected chi connectivity index (χ4v) is 2.01. The van der Waals surface area contributed by atoms with Crippen molar-refractivity contribution in [2.75, 3.05) is 6.61 Å². The van der Waals surface area contributed by atoms with E-state index < -0.39 is 0 Å². The van der Waals surface area contributed by atoms with Crippen molar-refractivity contribution in [2.24, 2.45) is 5.73 Å². The zero-order valence-corrected chi connectivity index (χ0v) is 10.6. The van der Waals surface area contributed by atoms with E-state index in [4.69, 9.17) is 5.73 Å². The molecule has 0 aliphatic heterocycles. The number of nitrogens with two attached hydrogens (primary N) is 1. The molecule has 4 heteroatoms. The van der Waals surface area contributed by atoms with Gasteiger partial charge in [0.2, 0.25) is 0 Å². The highest BCUT2D eigenvalue weighted by Crippen LogP contribution is 2.09. The third-order valence-corrected chi connectivity index (χ3v) is 3.01. The Labute approximate surface area is 112 Å². The van der Waals surface area contributed by atoms with Gasteiger partial charge in [0.05, 0.1) is 12.6 Å². The molecule has 0 bridgehead atoms. The number of amides is 1. The molecule has 2 atom stereocenters. The lowest BCUT2D eigenvalue weighted by atomic mass is 10.1. The van der Waals surface area contributed by atoms with E-state index in [1.807, 2.05) is 30.3 Å². The first-order valence-corrected chi connectivity index (χ1v) is 6.30. The van der Waals surface area contributed by atoms with E-state index in [0.717, 1.165) is 5.56 Å². The lowest BCUT2D eigenvalue weighted by molar-refractivity contribution is -0.118. The molecule has 19 heavy (non-hydrogen) atoms. The summed E-state index contributed by atoms with van der Waals surface area (Å²) in [4.78, 5) is 12.0. The Morgan fingerprint density at radius 1 is 1.37 bits per heavy atom. The molecule has 0 heterocycles. The van der Waals surface area contributed by atoms with Gasteiger partial charge in [0, 0.05) is 11.6 Å². The topological polar surface area (TPSA) is 75.4 Å². The van der Waals surface area contributed by atoms with Crippen molar-refractivity contribution < 1.29 is 9.90 Å². The Kier molecular flexibility index (Phi) is 4.49. The number of carbonyl (C=O) groups is 1. The lowest BCUT2D eigenvalue weighted by Crippen LogP contribution is -2.39. The predicted molar refractivity (Wildman–Crippen MR) is 74.4 cm³/mol. The van der Waals surface area contributed by atoms with Crippen LogP contribution in [-0.4, -0.2) is 29.7 Å². The van der Waals surface area contributed by atoms with Crippen molar-refractivity contribution >= 4 is 5.91 Å². The predicted octanol–water partition coefficient (Wildman–Crippen LogP) is 0.530. The first-order chi connectivity index (χ1) is 9.19. The molecule has 1 amide bonds. The van der Waals surface area contributed by atoms with Gasteiger partial charge < -0.3 is 16.2 Å². The van der Waals surface area contributed by atoms with Crippen molar-refractivity contribution in [3.8, 4) is 0 Å². The van der Waals surface area contributed by atoms with Gasteiger partial charge in [0.25, 0.3) is 5.91 Å². The van der Waals surface area contributed by atoms with Gasteiger partial charge in [-0.3, -0.25) is 4.79 Å². The number of hydrogen-bond acceptors (Lipinski definition) is 3. The van der Waals surface area contributed by atoms with Crippen LogP contribution in [0.25, 0.3) is 0 Å². The largest absolute Gasteiger partial charge is 0.394 e. The van der Waals surface area contributed by atoms with Gasteiger partial charge in [0.1, 0.15) is 0 Å². The zero-order chi connectivity index (χ0) is 13.7. The maximum atomic E-state index is 12.0. The van der Waals surface area contributed by atoms with Crippen LogP contribution in [0, 0.1) is 0 Å². The van der Waals surface area contributed by atoms with Crippen LogP contribution in [0.5, 0.6) is 0 Å². The van der Waals surface area contributed by atoms with E-state index in [9.17, 15) is 9.90 Å². The SMILES string of the molecule is NC1C=CC(C(=O)N[C@H](CO)Cc2ccccc2)=C1. The third kappa shape index (κ3) is 3.77. The molecular formula is C15H18N2O2. The fourth-order valence-electron chi connectivity index (χ4n) is 2.01. The van der Waals surface area contributed by atoms with E-state index in [2.05, 4.69) is 5.32 Å². The van der Waals surface area contributed by atoms with Crippen molar-refractivity contribution in [3.05, 3.63) is 59.7 Å². The van der Waals surface area contributed by atoms with E-state index in [-0.39, 0.29) is 24.6 Å². The van der Waals surface area contributed by atoms with Crippen molar-refractivity contribution in [1.82, 2.24) is 5.32 Å². The molecule has 1 aliphatic rings. The van der Waals surface area contributed by atoms with Crippen molar-refractivity contribution in [3.63, 3.8) is 0 Å². The van der Waals surface area contributed by atoms with Crippen LogP contribution in [0.1, 0.15) is 5.56 Å². The fraction of sp³-hybridized carbons (Fsp3) is 0.267. The Morgan fingerprint density at radius 3 is 2.68 bits per heavy atom. The minimum absolute atomic E-state index is 0.0936. The number of aliphatic hydroxyl groups excluding tert-OH is 1. The summed E-state index contributed by atoms with van der Waals surface area (Å²) >= 11 is 0. The first-order valence-electron chi connectivity index (χ1n) is 6.30. The zero-order valence-electron chi connectivity index (χ0n) is 10.6. The molecule has 4 nitrogen and oxygen atoms in total. The Bertz CT molecular complexity index is 494. The molecule has 0 fully saturated rings. The standard InChI is InChI=1S/C15H18N2O2/c16-13-7-6-12(9-13)15(19)17-14(10-18)8-11-4-2-1-3-5-11/h1-7,9,13-14,18H,8,10,16H2,(H,17,19)/t13?,14-/m0/s1. The van der Waals surface area contributed by atoms with E-state index >= 15 is 0 Å². The summed E-state index contributed by atoms with van der Waals surface area (Å²) in [5, 5.41) is 12.2. The molecule has 0 radical (unpaired) electrons. The molecule has 2 rings (SSSR count). The van der Waals surface area contributed by atoms with Crippen molar-refractivity contribution in [2.45, 2.75) is 18.5 Å². The molecule has 0 saturated carbocycles. The molecule has 0 saturated heterocycles. The van der Waals surface area contributed by atoms with Gasteiger partial charge in [-0.1, -0.05) is 48.6 Å². The van der Waals surface area contributed by atoms with E-state index in [1.54, 1.807) is 18.2 Å². The van der Waals surface area contributed by atoms with Gasteiger partial charge in [-0.15, -0.1) is 0 Å². The quantitative estimate of drug-likeness (QED) is 0.721. The summed E-state index contributed by atoms with van der Waals surface area (Å²) in [6.45, 7) is -0.0936. The Balaban J connectivity index is 1.94. The minimum Gasteiger partial charge on any atom is -0.394 e. The van der Waals surface area contributed by atoms with Crippen LogP contribution in [0.3, 0.4) is 0 Å². The Morgan fingerprint density at radius 2 is 2.11 bits per heavy atom. The first kappa shape index (κ1) is 13.5. The van der Waals surface area contributed by atoms with Gasteiger partial charge in [-0.25, -0.2) is 0 Å². The van der Waals surface area contributed by atoms with E-state index in [0.29, 0.717) is 12.0 Å². The summed E-state index contributed by atoms with van der Waals surface area (Å²) in [5.41, 5.74) is 7.29. The van der Waals surface area contributed by atoms with Gasteiger partial charge in [0.15, 0.2) is 0 Å². The molecule has 100 valence electrons. The molecule has 0 aromatic heterocycles. The van der Waals surface area contributed by atoms with Crippen molar-refractivity contribution in [1.29, 1.82) is 0 Å². The summed E-state index contributed by atoms with van der Waals surface area (Å²) in [5.74, 6) is -0.195. The lowest BCUT2D eigenvalue weighted by Gasteiger charge is -2.16. The third-order valence-electron chi connectivity index (χ3n) is 3.01. The molecule has 1 aliphatic carbocycles. The van der Waals surface area contributed by atoms with E-state index in [1.165, 1.54) is 0 Å². The highest BCUT2D eigenvalue weighted by atomic mass is 16.3. The normalized spacial score (nSPS) is 19.1. The molecule has 4 N–H and O–H groups in total. The average molecular weight is 258 g/mol. The summed E-state index contributed by atoms with van der Waals surface area (Å²) in [6, 6.07) is 9.27. The summed E-state index contributed by atoms with van der Waals surface area (Å²) in [6.07, 6.45) is 5.77. The molecular weight excluding hydrogens is 240 g/mol. The highest BCUT2D eigenvalue weighted by Gasteiger charge is 2.17. The maximum Gasteiger partial charge on any atom is 0.251 e. The maximum absolute atomic E-state index is 12.0. The summed E-state index contributed by atoms with van der Waals surface area (Å²) in [7, 11) is 0. The highest BCUT2D eigenvalue weighted by molar-refractivity contribution is 5.97. The second kappa shape index (κ2) is 6.31. The second-order valence-electron chi connectivity index (χ2n) is 4.60. The molecule has 0 spiro atoms. The minimum atomic E-state index is -0.291. The second-order valence-corrected chi connectivity index (χ2v) is 4.60. The van der Waals surface area contributed by atoms with Crippen LogP contribution in [0.4, 0.5) is 0 Å². The average Bonchev–Trinajstić information content (AvgIpc) is 2.86. The smallest absolute Gasteiger partial charge is 0.251 e. The number of nitrogens with one attached hydrogen (secondary N) is 1. The van der Waals surface area contributed by atoms with Crippen LogP contribution in [-0.2, 0) is 11.2 Å². The molecule has 1 aromatic carbocycles. The number of hydrogen-bond donors (Lipinski definition) is 3. The summed E-state index contributed by atoms with van der Waals surface area (Å²) < 4.78 is 0.